The van der Waals surface area contributed by atoms with Gasteiger partial charge in [-0.3, -0.25) is 4.98 Å². The summed E-state index contributed by atoms with van der Waals surface area (Å²) >= 11 is 0. The molecule has 13 heavy (non-hydrogen) atoms. The van der Waals surface area contributed by atoms with Crippen LogP contribution in [0.15, 0.2) is 24.5 Å². The molecule has 0 fully saturated rings. The normalized spacial score (nSPS) is 10.3. The lowest BCUT2D eigenvalue weighted by Crippen LogP contribution is -1.89. The Balaban J connectivity index is 2.74. The fourth-order valence-electron chi connectivity index (χ4n) is 1.28. The Bertz CT molecular complexity index is 440. The van der Waals surface area contributed by atoms with E-state index < -0.39 is 0 Å². The van der Waals surface area contributed by atoms with Crippen molar-refractivity contribution < 1.29 is 4.74 Å². The van der Waals surface area contributed by atoms with E-state index in [-0.39, 0.29) is 0 Å². The second kappa shape index (κ2) is 3.01. The number of aromatic nitrogens is 2. The van der Waals surface area contributed by atoms with E-state index in [0.29, 0.717) is 5.88 Å². The van der Waals surface area contributed by atoms with Crippen LogP contribution in [0.25, 0.3) is 10.9 Å². The minimum absolute atomic E-state index is 0.628. The van der Waals surface area contributed by atoms with Crippen LogP contribution in [0.4, 0.5) is 0 Å². The molecule has 0 bridgehead atoms. The Morgan fingerprint density at radius 1 is 1.31 bits per heavy atom. The molecule has 2 heterocycles. The van der Waals surface area contributed by atoms with Gasteiger partial charge in [-0.1, -0.05) is 0 Å². The molecule has 0 radical (unpaired) electrons. The molecule has 0 spiro atoms. The summed E-state index contributed by atoms with van der Waals surface area (Å²) in [5.41, 5.74) is 2.09. The summed E-state index contributed by atoms with van der Waals surface area (Å²) in [6.45, 7) is 2.05. The molecule has 0 unspecified atom stereocenters. The van der Waals surface area contributed by atoms with Crippen LogP contribution in [0.5, 0.6) is 5.88 Å². The number of nitrogens with zero attached hydrogens (tertiary/aromatic N) is 2. The molecule has 0 amide bonds. The topological polar surface area (TPSA) is 35.0 Å². The van der Waals surface area contributed by atoms with Crippen LogP contribution in [-0.2, 0) is 0 Å². The van der Waals surface area contributed by atoms with Crippen molar-refractivity contribution in [1.82, 2.24) is 9.97 Å². The van der Waals surface area contributed by atoms with Gasteiger partial charge >= 0.3 is 0 Å². The Morgan fingerprint density at radius 2 is 2.15 bits per heavy atom. The highest BCUT2D eigenvalue weighted by Gasteiger charge is 2.00. The summed E-state index contributed by atoms with van der Waals surface area (Å²) in [4.78, 5) is 8.28. The summed E-state index contributed by atoms with van der Waals surface area (Å²) < 4.78 is 5.04. The van der Waals surface area contributed by atoms with Gasteiger partial charge in [-0.15, -0.1) is 0 Å². The van der Waals surface area contributed by atoms with E-state index in [1.165, 1.54) is 5.56 Å². The monoisotopic (exact) mass is 174 g/mol. The maximum absolute atomic E-state index is 5.04. The van der Waals surface area contributed by atoms with Gasteiger partial charge in [-0.25, -0.2) is 4.98 Å². The van der Waals surface area contributed by atoms with E-state index in [9.17, 15) is 0 Å². The molecule has 2 rings (SSSR count). The van der Waals surface area contributed by atoms with Gasteiger partial charge in [0.25, 0.3) is 0 Å². The van der Waals surface area contributed by atoms with Crippen molar-refractivity contribution in [3.8, 4) is 5.88 Å². The number of rotatable bonds is 1. The quantitative estimate of drug-likeness (QED) is 0.662. The summed E-state index contributed by atoms with van der Waals surface area (Å²) in [7, 11) is 1.61. The average molecular weight is 174 g/mol. The number of fused-ring (bicyclic) bond motifs is 1. The van der Waals surface area contributed by atoms with Gasteiger partial charge in [0, 0.05) is 17.6 Å². The van der Waals surface area contributed by atoms with Crippen molar-refractivity contribution in [2.24, 2.45) is 0 Å². The minimum atomic E-state index is 0.628. The number of pyridine rings is 2. The largest absolute Gasteiger partial charge is 0.481 e. The van der Waals surface area contributed by atoms with Crippen molar-refractivity contribution in [2.45, 2.75) is 6.92 Å². The fourth-order valence-corrected chi connectivity index (χ4v) is 1.28. The molecule has 0 aliphatic rings. The number of ether oxygens (including phenoxy) is 1. The van der Waals surface area contributed by atoms with Crippen LogP contribution in [-0.4, -0.2) is 17.1 Å². The standard InChI is InChI=1S/C10H10N2O/c1-7-3-4-11-9-6-12-10(13-2)5-8(7)9/h3-6H,1-2H3. The van der Waals surface area contributed by atoms with Crippen LogP contribution < -0.4 is 4.74 Å². The molecule has 2 aromatic heterocycles. The summed E-state index contributed by atoms with van der Waals surface area (Å²) in [6.07, 6.45) is 3.51. The first kappa shape index (κ1) is 7.98. The Labute approximate surface area is 76.4 Å². The molecular formula is C10H10N2O. The predicted octanol–water partition coefficient (Wildman–Crippen LogP) is 1.95. The average Bonchev–Trinajstić information content (AvgIpc) is 2.18. The van der Waals surface area contributed by atoms with Crippen molar-refractivity contribution in [1.29, 1.82) is 0 Å². The van der Waals surface area contributed by atoms with Crippen LogP contribution >= 0.6 is 0 Å². The third-order valence-corrected chi connectivity index (χ3v) is 2.03. The van der Waals surface area contributed by atoms with Gasteiger partial charge in [0.05, 0.1) is 18.8 Å². The second-order valence-electron chi connectivity index (χ2n) is 2.87. The van der Waals surface area contributed by atoms with Crippen molar-refractivity contribution in [3.63, 3.8) is 0 Å². The van der Waals surface area contributed by atoms with E-state index in [0.717, 1.165) is 10.9 Å². The maximum Gasteiger partial charge on any atom is 0.213 e. The van der Waals surface area contributed by atoms with Crippen LogP contribution in [0.2, 0.25) is 0 Å². The van der Waals surface area contributed by atoms with E-state index in [4.69, 9.17) is 4.74 Å². The van der Waals surface area contributed by atoms with Crippen molar-refractivity contribution in [3.05, 3.63) is 30.1 Å². The highest BCUT2D eigenvalue weighted by molar-refractivity contribution is 5.81. The SMILES string of the molecule is COc1cc2c(C)ccnc2cn1. The fraction of sp³-hybridized carbons (Fsp3) is 0.200. The third kappa shape index (κ3) is 1.33. The van der Waals surface area contributed by atoms with E-state index >= 15 is 0 Å². The molecule has 3 heteroatoms. The first-order chi connectivity index (χ1) is 6.31. The molecule has 0 atom stereocenters. The molecule has 0 aromatic carbocycles. The first-order valence-electron chi connectivity index (χ1n) is 4.06. The molecule has 0 aliphatic heterocycles. The molecule has 0 aliphatic carbocycles. The number of aryl methyl sites for hydroxylation is 1. The van der Waals surface area contributed by atoms with Gasteiger partial charge in [0.2, 0.25) is 5.88 Å². The van der Waals surface area contributed by atoms with Gasteiger partial charge in [0.1, 0.15) is 0 Å². The smallest absolute Gasteiger partial charge is 0.213 e. The van der Waals surface area contributed by atoms with Gasteiger partial charge in [-0.2, -0.15) is 0 Å². The zero-order chi connectivity index (χ0) is 9.26. The molecule has 3 nitrogen and oxygen atoms in total. The second-order valence-corrected chi connectivity index (χ2v) is 2.87. The van der Waals surface area contributed by atoms with Gasteiger partial charge in [-0.05, 0) is 18.6 Å². The lowest BCUT2D eigenvalue weighted by atomic mass is 10.2. The molecule has 0 N–H and O–H groups in total. The Morgan fingerprint density at radius 3 is 2.92 bits per heavy atom. The first-order valence-corrected chi connectivity index (χ1v) is 4.06. The van der Waals surface area contributed by atoms with Crippen LogP contribution in [0.3, 0.4) is 0 Å². The lowest BCUT2D eigenvalue weighted by molar-refractivity contribution is 0.398. The van der Waals surface area contributed by atoms with Gasteiger partial charge < -0.3 is 4.74 Å². The molecule has 0 saturated heterocycles. The molecule has 2 aromatic rings. The van der Waals surface area contributed by atoms with Crippen LogP contribution in [0.1, 0.15) is 5.56 Å². The summed E-state index contributed by atoms with van der Waals surface area (Å²) in [5.74, 6) is 0.628. The van der Waals surface area contributed by atoms with Crippen molar-refractivity contribution in [2.75, 3.05) is 7.11 Å². The third-order valence-electron chi connectivity index (χ3n) is 2.03. The van der Waals surface area contributed by atoms with E-state index in [1.807, 2.05) is 19.1 Å². The van der Waals surface area contributed by atoms with Crippen molar-refractivity contribution >= 4 is 10.9 Å². The summed E-state index contributed by atoms with van der Waals surface area (Å²) in [6, 6.07) is 3.87. The molecular weight excluding hydrogens is 164 g/mol. The summed E-state index contributed by atoms with van der Waals surface area (Å²) in [5, 5.41) is 1.09. The van der Waals surface area contributed by atoms with E-state index in [1.54, 1.807) is 19.5 Å². The number of methoxy groups -OCH3 is 1. The maximum atomic E-state index is 5.04. The van der Waals surface area contributed by atoms with Crippen LogP contribution in [0, 0.1) is 6.92 Å². The highest BCUT2D eigenvalue weighted by atomic mass is 16.5. The Kier molecular flexibility index (Phi) is 1.85. The van der Waals surface area contributed by atoms with Gasteiger partial charge in [0.15, 0.2) is 0 Å². The minimum Gasteiger partial charge on any atom is -0.481 e. The predicted molar refractivity (Wildman–Crippen MR) is 50.8 cm³/mol. The highest BCUT2D eigenvalue weighted by Crippen LogP contribution is 2.18. The lowest BCUT2D eigenvalue weighted by Gasteiger charge is -2.02. The van der Waals surface area contributed by atoms with E-state index in [2.05, 4.69) is 9.97 Å². The number of hydrogen-bond donors (Lipinski definition) is 0. The zero-order valence-electron chi connectivity index (χ0n) is 7.61. The zero-order valence-corrected chi connectivity index (χ0v) is 7.61. The molecule has 0 saturated carbocycles. The molecule has 66 valence electrons. The Hall–Kier alpha value is -1.64. The number of hydrogen-bond acceptors (Lipinski definition) is 3.